The molecule has 1 aliphatic rings. The second kappa shape index (κ2) is 3.92. The van der Waals surface area contributed by atoms with Gasteiger partial charge in [0.05, 0.1) is 0 Å². The summed E-state index contributed by atoms with van der Waals surface area (Å²) >= 11 is 0. The molecule has 0 fully saturated rings. The van der Waals surface area contributed by atoms with Crippen LogP contribution in [-0.4, -0.2) is 27.8 Å². The average molecular weight is 237 g/mol. The summed E-state index contributed by atoms with van der Waals surface area (Å²) in [5.74, 6) is -1.46. The van der Waals surface area contributed by atoms with Crippen LogP contribution in [0.2, 0.25) is 0 Å². The van der Waals surface area contributed by atoms with E-state index in [2.05, 4.69) is 5.32 Å². The third-order valence-electron chi connectivity index (χ3n) is 3.38. The van der Waals surface area contributed by atoms with Crippen LogP contribution in [0.1, 0.15) is 24.5 Å². The van der Waals surface area contributed by atoms with E-state index >= 15 is 0 Å². The zero-order valence-corrected chi connectivity index (χ0v) is 9.53. The van der Waals surface area contributed by atoms with E-state index in [-0.39, 0.29) is 11.5 Å². The van der Waals surface area contributed by atoms with E-state index in [4.69, 9.17) is 0 Å². The van der Waals surface area contributed by atoms with Gasteiger partial charge in [-0.25, -0.2) is 4.79 Å². The van der Waals surface area contributed by atoms with Gasteiger partial charge in [0.2, 0.25) is 0 Å². The number of aromatic hydroxyl groups is 2. The molecule has 92 valence electrons. The number of carboxylic acid groups (broad SMARTS) is 1. The molecule has 1 atom stereocenters. The van der Waals surface area contributed by atoms with Crippen molar-refractivity contribution in [1.82, 2.24) is 5.32 Å². The molecule has 1 aliphatic heterocycles. The van der Waals surface area contributed by atoms with E-state index in [0.29, 0.717) is 24.9 Å². The Balaban J connectivity index is 2.65. The van der Waals surface area contributed by atoms with Gasteiger partial charge in [-0.05, 0) is 36.1 Å². The summed E-state index contributed by atoms with van der Waals surface area (Å²) in [5, 5.41) is 31.3. The van der Waals surface area contributed by atoms with Gasteiger partial charge in [-0.1, -0.05) is 6.92 Å². The molecule has 2 rings (SSSR count). The second-order valence-corrected chi connectivity index (χ2v) is 4.24. The number of hydrogen-bond acceptors (Lipinski definition) is 4. The molecule has 1 aromatic carbocycles. The lowest BCUT2D eigenvalue weighted by atomic mass is 9.80. The van der Waals surface area contributed by atoms with E-state index in [0.717, 1.165) is 5.56 Å². The highest BCUT2D eigenvalue weighted by molar-refractivity contribution is 5.82. The fraction of sp³-hybridized carbons (Fsp3) is 0.417. The Bertz CT molecular complexity index is 472. The Morgan fingerprint density at radius 2 is 2.06 bits per heavy atom. The molecule has 0 spiro atoms. The first-order valence-corrected chi connectivity index (χ1v) is 5.55. The summed E-state index contributed by atoms with van der Waals surface area (Å²) < 4.78 is 0. The third-order valence-corrected chi connectivity index (χ3v) is 3.38. The highest BCUT2D eigenvalue weighted by Gasteiger charge is 2.42. The van der Waals surface area contributed by atoms with Gasteiger partial charge < -0.3 is 15.3 Å². The quantitative estimate of drug-likeness (QED) is 0.575. The zero-order chi connectivity index (χ0) is 12.6. The predicted octanol–water partition coefficient (Wildman–Crippen LogP) is 0.933. The number of benzene rings is 1. The molecule has 1 unspecified atom stereocenters. The zero-order valence-electron chi connectivity index (χ0n) is 9.53. The summed E-state index contributed by atoms with van der Waals surface area (Å²) in [7, 11) is 0. The number of nitrogens with one attached hydrogen (secondary N) is 1. The van der Waals surface area contributed by atoms with Crippen LogP contribution in [0, 0.1) is 0 Å². The van der Waals surface area contributed by atoms with E-state index in [9.17, 15) is 20.1 Å². The van der Waals surface area contributed by atoms with Crippen molar-refractivity contribution in [3.8, 4) is 11.5 Å². The van der Waals surface area contributed by atoms with Gasteiger partial charge in [0, 0.05) is 6.54 Å². The molecule has 0 aromatic heterocycles. The molecule has 1 aromatic rings. The standard InChI is InChI=1S/C12H15NO4/c1-2-12(11(16)17)8-6-10(15)9(14)5-7(8)3-4-13-12/h5-6,13-15H,2-4H2,1H3,(H,16,17). The van der Waals surface area contributed by atoms with Gasteiger partial charge >= 0.3 is 5.97 Å². The van der Waals surface area contributed by atoms with Gasteiger partial charge in [0.15, 0.2) is 11.5 Å². The minimum atomic E-state index is -1.17. The highest BCUT2D eigenvalue weighted by Crippen LogP contribution is 2.38. The Labute approximate surface area is 98.7 Å². The molecule has 1 heterocycles. The molecule has 17 heavy (non-hydrogen) atoms. The molecule has 0 amide bonds. The largest absolute Gasteiger partial charge is 0.504 e. The molecule has 0 saturated carbocycles. The number of rotatable bonds is 2. The first kappa shape index (κ1) is 11.7. The maximum atomic E-state index is 11.5. The van der Waals surface area contributed by atoms with E-state index in [1.807, 2.05) is 0 Å². The minimum Gasteiger partial charge on any atom is -0.504 e. The van der Waals surface area contributed by atoms with Crippen molar-refractivity contribution in [3.05, 3.63) is 23.3 Å². The van der Waals surface area contributed by atoms with Crippen molar-refractivity contribution in [2.24, 2.45) is 0 Å². The van der Waals surface area contributed by atoms with Crippen LogP contribution in [0.3, 0.4) is 0 Å². The smallest absolute Gasteiger partial charge is 0.328 e. The molecule has 0 radical (unpaired) electrons. The third kappa shape index (κ3) is 1.63. The van der Waals surface area contributed by atoms with Crippen LogP contribution < -0.4 is 5.32 Å². The molecule has 0 bridgehead atoms. The second-order valence-electron chi connectivity index (χ2n) is 4.24. The van der Waals surface area contributed by atoms with Crippen LogP contribution >= 0.6 is 0 Å². The SMILES string of the molecule is CCC1(C(=O)O)NCCc2cc(O)c(O)cc21. The summed E-state index contributed by atoms with van der Waals surface area (Å²) in [6, 6.07) is 2.79. The summed E-state index contributed by atoms with van der Waals surface area (Å²) in [4.78, 5) is 11.5. The van der Waals surface area contributed by atoms with Gasteiger partial charge in [-0.2, -0.15) is 0 Å². The summed E-state index contributed by atoms with van der Waals surface area (Å²) in [6.07, 6.45) is 1.01. The fourth-order valence-corrected chi connectivity index (χ4v) is 2.39. The van der Waals surface area contributed by atoms with Gasteiger partial charge in [-0.15, -0.1) is 0 Å². The lowest BCUT2D eigenvalue weighted by Gasteiger charge is -2.36. The Kier molecular flexibility index (Phi) is 2.71. The summed E-state index contributed by atoms with van der Waals surface area (Å²) in [5.41, 5.74) is 0.135. The van der Waals surface area contributed by atoms with E-state index in [1.165, 1.54) is 12.1 Å². The van der Waals surface area contributed by atoms with Crippen LogP contribution in [0.4, 0.5) is 0 Å². The number of phenolic OH excluding ortho intramolecular Hbond substituents is 2. The maximum Gasteiger partial charge on any atom is 0.328 e. The molecule has 5 nitrogen and oxygen atoms in total. The van der Waals surface area contributed by atoms with Gasteiger partial charge in [-0.3, -0.25) is 5.32 Å². The van der Waals surface area contributed by atoms with Crippen molar-refractivity contribution in [2.75, 3.05) is 6.54 Å². The van der Waals surface area contributed by atoms with Crippen molar-refractivity contribution >= 4 is 5.97 Å². The van der Waals surface area contributed by atoms with Crippen LogP contribution in [0.5, 0.6) is 11.5 Å². The first-order valence-electron chi connectivity index (χ1n) is 5.55. The molecule has 0 aliphatic carbocycles. The Hall–Kier alpha value is -1.75. The van der Waals surface area contributed by atoms with Gasteiger partial charge in [0.25, 0.3) is 0 Å². The average Bonchev–Trinajstić information content (AvgIpc) is 2.29. The fourth-order valence-electron chi connectivity index (χ4n) is 2.39. The molecular formula is C12H15NO4. The number of phenols is 2. The number of aliphatic carboxylic acids is 1. The number of fused-ring (bicyclic) bond motifs is 1. The molecular weight excluding hydrogens is 222 g/mol. The van der Waals surface area contributed by atoms with Crippen LogP contribution in [-0.2, 0) is 16.8 Å². The predicted molar refractivity (Wildman–Crippen MR) is 61.1 cm³/mol. The van der Waals surface area contributed by atoms with Crippen molar-refractivity contribution in [1.29, 1.82) is 0 Å². The lowest BCUT2D eigenvalue weighted by molar-refractivity contribution is -0.145. The summed E-state index contributed by atoms with van der Waals surface area (Å²) in [6.45, 7) is 2.32. The van der Waals surface area contributed by atoms with Crippen molar-refractivity contribution in [2.45, 2.75) is 25.3 Å². The van der Waals surface area contributed by atoms with E-state index in [1.54, 1.807) is 6.92 Å². The lowest BCUT2D eigenvalue weighted by Crippen LogP contribution is -2.52. The maximum absolute atomic E-state index is 11.5. The van der Waals surface area contributed by atoms with Crippen molar-refractivity contribution in [3.63, 3.8) is 0 Å². The number of hydrogen-bond donors (Lipinski definition) is 4. The number of carbonyl (C=O) groups is 1. The Morgan fingerprint density at radius 3 is 2.65 bits per heavy atom. The van der Waals surface area contributed by atoms with Crippen molar-refractivity contribution < 1.29 is 20.1 Å². The topological polar surface area (TPSA) is 89.8 Å². The minimum absolute atomic E-state index is 0.207. The molecule has 5 heteroatoms. The van der Waals surface area contributed by atoms with E-state index < -0.39 is 11.5 Å². The monoisotopic (exact) mass is 237 g/mol. The molecule has 0 saturated heterocycles. The normalized spacial score (nSPS) is 23.1. The Morgan fingerprint density at radius 1 is 1.41 bits per heavy atom. The van der Waals surface area contributed by atoms with Crippen LogP contribution in [0.15, 0.2) is 12.1 Å². The van der Waals surface area contributed by atoms with Gasteiger partial charge in [0.1, 0.15) is 5.54 Å². The van der Waals surface area contributed by atoms with Crippen LogP contribution in [0.25, 0.3) is 0 Å². The first-order chi connectivity index (χ1) is 8.01. The highest BCUT2D eigenvalue weighted by atomic mass is 16.4. The molecule has 4 N–H and O–H groups in total. The number of carboxylic acids is 1.